The molecule has 2 heterocycles. The monoisotopic (exact) mass is 493 g/mol. The standard InChI is InChI=1S/C27H31N3O4S/c1-18-13-20(27-29-16-22(30-27)26-5-4-12-35-26)7-9-23(18)34-17-21(31)15-28-11-10-19-6-8-24(32-2)25(14-19)33-3/h4-9,12-14,16,21,28,31H,10-11,15,17H2,1-3H3,(H,29,30)/t21-/m0/s1. The number of aromatic nitrogens is 2. The van der Waals surface area contributed by atoms with E-state index in [2.05, 4.69) is 26.7 Å². The highest BCUT2D eigenvalue weighted by atomic mass is 32.1. The van der Waals surface area contributed by atoms with Gasteiger partial charge in [-0.15, -0.1) is 11.3 Å². The van der Waals surface area contributed by atoms with Crippen LogP contribution in [0.3, 0.4) is 0 Å². The zero-order valence-electron chi connectivity index (χ0n) is 20.2. The van der Waals surface area contributed by atoms with Gasteiger partial charge in [0, 0.05) is 12.1 Å². The molecule has 7 nitrogen and oxygen atoms in total. The lowest BCUT2D eigenvalue weighted by Gasteiger charge is -2.15. The van der Waals surface area contributed by atoms with Gasteiger partial charge in [0.05, 0.1) is 31.0 Å². The second-order valence-electron chi connectivity index (χ2n) is 8.21. The topological polar surface area (TPSA) is 88.6 Å². The zero-order valence-corrected chi connectivity index (χ0v) is 21.0. The van der Waals surface area contributed by atoms with E-state index in [1.807, 2.05) is 55.6 Å². The fourth-order valence-corrected chi connectivity index (χ4v) is 4.46. The molecule has 2 aromatic carbocycles. The molecule has 35 heavy (non-hydrogen) atoms. The maximum Gasteiger partial charge on any atom is 0.160 e. The summed E-state index contributed by atoms with van der Waals surface area (Å²) in [4.78, 5) is 9.06. The molecule has 0 fully saturated rings. The molecule has 0 bridgehead atoms. The van der Waals surface area contributed by atoms with E-state index in [-0.39, 0.29) is 6.61 Å². The number of imidazole rings is 1. The molecule has 0 saturated carbocycles. The Morgan fingerprint density at radius 1 is 1.06 bits per heavy atom. The van der Waals surface area contributed by atoms with Crippen LogP contribution in [-0.2, 0) is 6.42 Å². The van der Waals surface area contributed by atoms with Crippen molar-refractivity contribution in [3.05, 3.63) is 71.2 Å². The van der Waals surface area contributed by atoms with Gasteiger partial charge in [0.1, 0.15) is 24.3 Å². The first-order valence-corrected chi connectivity index (χ1v) is 12.4. The lowest BCUT2D eigenvalue weighted by atomic mass is 10.1. The minimum atomic E-state index is -0.613. The Morgan fingerprint density at radius 2 is 1.89 bits per heavy atom. The average Bonchev–Trinajstić information content (AvgIpc) is 3.58. The predicted octanol–water partition coefficient (Wildman–Crippen LogP) is 4.70. The van der Waals surface area contributed by atoms with E-state index in [0.29, 0.717) is 12.3 Å². The van der Waals surface area contributed by atoms with Gasteiger partial charge >= 0.3 is 0 Å². The molecule has 1 atom stereocenters. The number of aromatic amines is 1. The molecular formula is C27H31N3O4S. The summed E-state index contributed by atoms with van der Waals surface area (Å²) in [6.07, 6.45) is 2.06. The maximum absolute atomic E-state index is 10.3. The van der Waals surface area contributed by atoms with Gasteiger partial charge < -0.3 is 29.6 Å². The Bertz CT molecular complexity index is 1220. The summed E-state index contributed by atoms with van der Waals surface area (Å²) in [7, 11) is 3.25. The first kappa shape index (κ1) is 24.8. The number of ether oxygens (including phenoxy) is 3. The molecular weight excluding hydrogens is 462 g/mol. The van der Waals surface area contributed by atoms with E-state index < -0.39 is 6.10 Å². The number of rotatable bonds is 12. The third-order valence-electron chi connectivity index (χ3n) is 5.66. The Labute approximate surface area is 209 Å². The van der Waals surface area contributed by atoms with Gasteiger partial charge in [0.15, 0.2) is 11.5 Å². The summed E-state index contributed by atoms with van der Waals surface area (Å²) in [6, 6.07) is 15.9. The first-order chi connectivity index (χ1) is 17.1. The highest BCUT2D eigenvalue weighted by Crippen LogP contribution is 2.29. The Kier molecular flexibility index (Phi) is 8.41. The summed E-state index contributed by atoms with van der Waals surface area (Å²) in [5.41, 5.74) is 4.13. The zero-order chi connectivity index (χ0) is 24.6. The number of aryl methyl sites for hydroxylation is 1. The van der Waals surface area contributed by atoms with Gasteiger partial charge in [0.25, 0.3) is 0 Å². The van der Waals surface area contributed by atoms with Crippen LogP contribution in [0.4, 0.5) is 0 Å². The van der Waals surface area contributed by atoms with Crippen molar-refractivity contribution in [2.75, 3.05) is 33.9 Å². The molecule has 0 saturated heterocycles. The molecule has 3 N–H and O–H groups in total. The van der Waals surface area contributed by atoms with Crippen LogP contribution in [0.1, 0.15) is 11.1 Å². The second kappa shape index (κ2) is 11.9. The number of nitrogens with one attached hydrogen (secondary N) is 2. The largest absolute Gasteiger partial charge is 0.493 e. The molecule has 2 aromatic heterocycles. The first-order valence-electron chi connectivity index (χ1n) is 11.5. The summed E-state index contributed by atoms with van der Waals surface area (Å²) < 4.78 is 16.5. The van der Waals surface area contributed by atoms with Crippen molar-refractivity contribution < 1.29 is 19.3 Å². The molecule has 0 spiro atoms. The minimum absolute atomic E-state index is 0.215. The number of thiophene rings is 1. The van der Waals surface area contributed by atoms with E-state index in [1.54, 1.807) is 25.6 Å². The van der Waals surface area contributed by atoms with Gasteiger partial charge in [0.2, 0.25) is 0 Å². The number of hydrogen-bond acceptors (Lipinski definition) is 7. The number of aliphatic hydroxyl groups excluding tert-OH is 1. The summed E-state index contributed by atoms with van der Waals surface area (Å²) in [5, 5.41) is 15.7. The van der Waals surface area contributed by atoms with Crippen molar-refractivity contribution >= 4 is 11.3 Å². The smallest absolute Gasteiger partial charge is 0.160 e. The van der Waals surface area contributed by atoms with Gasteiger partial charge in [-0.1, -0.05) is 12.1 Å². The molecule has 0 radical (unpaired) electrons. The van der Waals surface area contributed by atoms with Crippen molar-refractivity contribution in [2.24, 2.45) is 0 Å². The summed E-state index contributed by atoms with van der Waals surface area (Å²) in [6.45, 7) is 3.39. The van der Waals surface area contributed by atoms with Gasteiger partial charge in [-0.2, -0.15) is 0 Å². The average molecular weight is 494 g/mol. The fraction of sp³-hybridized carbons (Fsp3) is 0.296. The van der Waals surface area contributed by atoms with Gasteiger partial charge in [-0.05, 0) is 72.8 Å². The highest BCUT2D eigenvalue weighted by molar-refractivity contribution is 7.13. The number of benzene rings is 2. The summed E-state index contributed by atoms with van der Waals surface area (Å²) >= 11 is 1.68. The third-order valence-corrected chi connectivity index (χ3v) is 6.56. The second-order valence-corrected chi connectivity index (χ2v) is 9.16. The van der Waals surface area contributed by atoms with E-state index in [1.165, 1.54) is 0 Å². The Morgan fingerprint density at radius 3 is 2.63 bits per heavy atom. The molecule has 4 rings (SSSR count). The minimum Gasteiger partial charge on any atom is -0.493 e. The number of methoxy groups -OCH3 is 2. The van der Waals surface area contributed by atoms with Crippen LogP contribution in [-0.4, -0.2) is 55.1 Å². The van der Waals surface area contributed by atoms with Gasteiger partial charge in [-0.25, -0.2) is 4.98 Å². The van der Waals surface area contributed by atoms with E-state index in [0.717, 1.165) is 57.6 Å². The van der Waals surface area contributed by atoms with Crippen molar-refractivity contribution in [1.29, 1.82) is 0 Å². The predicted molar refractivity (Wildman–Crippen MR) is 140 cm³/mol. The van der Waals surface area contributed by atoms with E-state index in [9.17, 15) is 5.11 Å². The number of hydrogen-bond donors (Lipinski definition) is 3. The molecule has 0 aliphatic carbocycles. The van der Waals surface area contributed by atoms with Gasteiger partial charge in [-0.3, -0.25) is 0 Å². The van der Waals surface area contributed by atoms with Crippen molar-refractivity contribution in [3.63, 3.8) is 0 Å². The van der Waals surface area contributed by atoms with Crippen molar-refractivity contribution in [3.8, 4) is 39.2 Å². The van der Waals surface area contributed by atoms with E-state index in [4.69, 9.17) is 14.2 Å². The normalized spacial score (nSPS) is 11.9. The Hall–Kier alpha value is -3.33. The van der Waals surface area contributed by atoms with Crippen LogP contribution < -0.4 is 19.5 Å². The third kappa shape index (κ3) is 6.42. The van der Waals surface area contributed by atoms with Crippen molar-refractivity contribution in [1.82, 2.24) is 15.3 Å². The number of aliphatic hydroxyl groups is 1. The van der Waals surface area contributed by atoms with Crippen LogP contribution in [0.25, 0.3) is 22.0 Å². The molecule has 0 aliphatic rings. The van der Waals surface area contributed by atoms with Crippen LogP contribution in [0, 0.1) is 6.92 Å². The van der Waals surface area contributed by atoms with Crippen LogP contribution in [0.2, 0.25) is 0 Å². The molecule has 0 unspecified atom stereocenters. The Balaban J connectivity index is 1.23. The number of H-pyrrole nitrogens is 1. The summed E-state index contributed by atoms with van der Waals surface area (Å²) in [5.74, 6) is 3.01. The van der Waals surface area contributed by atoms with Crippen molar-refractivity contribution in [2.45, 2.75) is 19.4 Å². The lowest BCUT2D eigenvalue weighted by molar-refractivity contribution is 0.106. The van der Waals surface area contributed by atoms with Crippen LogP contribution in [0.5, 0.6) is 17.2 Å². The molecule has 4 aromatic rings. The van der Waals surface area contributed by atoms with Crippen LogP contribution >= 0.6 is 11.3 Å². The van der Waals surface area contributed by atoms with E-state index >= 15 is 0 Å². The van der Waals surface area contributed by atoms with Crippen LogP contribution in [0.15, 0.2) is 60.1 Å². The quantitative estimate of drug-likeness (QED) is 0.248. The maximum atomic E-state index is 10.3. The molecule has 184 valence electrons. The lowest BCUT2D eigenvalue weighted by Crippen LogP contribution is -2.32. The molecule has 8 heteroatoms. The highest BCUT2D eigenvalue weighted by Gasteiger charge is 2.11. The molecule has 0 aliphatic heterocycles. The SMILES string of the molecule is COc1ccc(CCNC[C@H](O)COc2ccc(-c3ncc(-c4cccs4)[nH]3)cc2C)cc1OC. The molecule has 0 amide bonds. The fourth-order valence-electron chi connectivity index (χ4n) is 3.77. The number of nitrogens with zero attached hydrogens (tertiary/aromatic N) is 1.